The Morgan fingerprint density at radius 3 is 2.56 bits per heavy atom. The molecular formula is C19H19N5O3. The Morgan fingerprint density at radius 2 is 1.85 bits per heavy atom. The molecule has 1 aromatic heterocycles. The number of nitrogens with zero attached hydrogens (tertiary/aromatic N) is 3. The number of rotatable bonds is 6. The maximum atomic E-state index is 12.1. The Labute approximate surface area is 156 Å². The molecule has 0 saturated carbocycles. The highest BCUT2D eigenvalue weighted by Gasteiger charge is 2.14. The molecule has 0 saturated heterocycles. The van der Waals surface area contributed by atoms with Gasteiger partial charge in [0.05, 0.1) is 13.7 Å². The summed E-state index contributed by atoms with van der Waals surface area (Å²) in [6, 6.07) is 14.5. The van der Waals surface area contributed by atoms with Gasteiger partial charge in [0.2, 0.25) is 0 Å². The second kappa shape index (κ2) is 8.61. The number of para-hydroxylation sites is 1. The average Bonchev–Trinajstić information content (AvgIpc) is 3.20. The van der Waals surface area contributed by atoms with Crippen LogP contribution >= 0.6 is 0 Å². The van der Waals surface area contributed by atoms with Gasteiger partial charge < -0.3 is 15.4 Å². The van der Waals surface area contributed by atoms with Gasteiger partial charge in [0.15, 0.2) is 0 Å². The predicted octanol–water partition coefficient (Wildman–Crippen LogP) is 1.59. The van der Waals surface area contributed by atoms with Gasteiger partial charge in [-0.05, 0) is 23.8 Å². The van der Waals surface area contributed by atoms with Gasteiger partial charge in [-0.1, -0.05) is 30.3 Å². The standard InChI is InChI=1S/C19H19N5O3/c1-27-17-5-3-2-4-15(17)10-21-18(25)19(26)23-16-8-6-14(7-9-16)11-24-13-20-12-22-24/h2-9,12-13H,10-11H2,1H3,(H,21,25)(H,23,26). The van der Waals surface area contributed by atoms with Crippen molar-refractivity contribution in [3.8, 4) is 5.75 Å². The van der Waals surface area contributed by atoms with E-state index in [4.69, 9.17) is 4.74 Å². The van der Waals surface area contributed by atoms with E-state index in [9.17, 15) is 9.59 Å². The van der Waals surface area contributed by atoms with Crippen molar-refractivity contribution >= 4 is 17.5 Å². The zero-order valence-electron chi connectivity index (χ0n) is 14.8. The lowest BCUT2D eigenvalue weighted by Gasteiger charge is -2.10. The van der Waals surface area contributed by atoms with Gasteiger partial charge in [0, 0.05) is 17.8 Å². The number of anilines is 1. The summed E-state index contributed by atoms with van der Waals surface area (Å²) in [6.45, 7) is 0.779. The van der Waals surface area contributed by atoms with E-state index in [0.29, 0.717) is 18.0 Å². The molecule has 0 unspecified atom stereocenters. The molecule has 27 heavy (non-hydrogen) atoms. The topological polar surface area (TPSA) is 98.1 Å². The number of benzene rings is 2. The molecule has 0 fully saturated rings. The lowest BCUT2D eigenvalue weighted by Crippen LogP contribution is -2.35. The second-order valence-corrected chi connectivity index (χ2v) is 5.74. The number of amides is 2. The first-order valence-electron chi connectivity index (χ1n) is 8.28. The fourth-order valence-electron chi connectivity index (χ4n) is 2.49. The summed E-state index contributed by atoms with van der Waals surface area (Å²) in [4.78, 5) is 28.0. The Kier molecular flexibility index (Phi) is 5.78. The number of carbonyl (C=O) groups is 2. The van der Waals surface area contributed by atoms with Gasteiger partial charge in [-0.2, -0.15) is 5.10 Å². The first kappa shape index (κ1) is 18.1. The first-order valence-corrected chi connectivity index (χ1v) is 8.28. The highest BCUT2D eigenvalue weighted by Crippen LogP contribution is 2.16. The van der Waals surface area contributed by atoms with Gasteiger partial charge in [-0.3, -0.25) is 9.59 Å². The molecule has 1 heterocycles. The van der Waals surface area contributed by atoms with E-state index in [0.717, 1.165) is 11.1 Å². The van der Waals surface area contributed by atoms with Crippen LogP contribution in [0.1, 0.15) is 11.1 Å². The predicted molar refractivity (Wildman–Crippen MR) is 99.0 cm³/mol. The third-order valence-corrected chi connectivity index (χ3v) is 3.86. The summed E-state index contributed by atoms with van der Waals surface area (Å²) in [6.07, 6.45) is 3.10. The van der Waals surface area contributed by atoms with Crippen LogP contribution in [-0.2, 0) is 22.7 Å². The Bertz CT molecular complexity index is 907. The Hall–Kier alpha value is -3.68. The number of methoxy groups -OCH3 is 1. The monoisotopic (exact) mass is 365 g/mol. The number of hydrogen-bond donors (Lipinski definition) is 2. The number of ether oxygens (including phenoxy) is 1. The van der Waals surface area contributed by atoms with E-state index >= 15 is 0 Å². The molecule has 2 aromatic carbocycles. The minimum absolute atomic E-state index is 0.201. The summed E-state index contributed by atoms with van der Waals surface area (Å²) in [7, 11) is 1.56. The smallest absolute Gasteiger partial charge is 0.313 e. The molecule has 0 aliphatic carbocycles. The fourth-order valence-corrected chi connectivity index (χ4v) is 2.49. The normalized spacial score (nSPS) is 10.3. The minimum atomic E-state index is -0.728. The summed E-state index contributed by atoms with van der Waals surface area (Å²) >= 11 is 0. The second-order valence-electron chi connectivity index (χ2n) is 5.74. The summed E-state index contributed by atoms with van der Waals surface area (Å²) in [5, 5.41) is 9.20. The number of carbonyl (C=O) groups excluding carboxylic acids is 2. The average molecular weight is 365 g/mol. The lowest BCUT2D eigenvalue weighted by atomic mass is 10.2. The lowest BCUT2D eigenvalue weighted by molar-refractivity contribution is -0.136. The van der Waals surface area contributed by atoms with Crippen LogP contribution in [0.2, 0.25) is 0 Å². The molecule has 3 rings (SSSR count). The third kappa shape index (κ3) is 4.91. The van der Waals surface area contributed by atoms with Gasteiger partial charge in [0.1, 0.15) is 18.4 Å². The van der Waals surface area contributed by atoms with E-state index < -0.39 is 11.8 Å². The van der Waals surface area contributed by atoms with Crippen molar-refractivity contribution in [3.05, 3.63) is 72.3 Å². The van der Waals surface area contributed by atoms with Crippen molar-refractivity contribution in [2.45, 2.75) is 13.1 Å². The maximum absolute atomic E-state index is 12.1. The zero-order chi connectivity index (χ0) is 19.1. The molecule has 8 heteroatoms. The summed E-state index contributed by atoms with van der Waals surface area (Å²) in [5.74, 6) is -0.789. The van der Waals surface area contributed by atoms with E-state index in [1.165, 1.54) is 6.33 Å². The molecule has 8 nitrogen and oxygen atoms in total. The minimum Gasteiger partial charge on any atom is -0.496 e. The molecule has 3 aromatic rings. The molecule has 0 atom stereocenters. The van der Waals surface area contributed by atoms with Crippen LogP contribution in [0.4, 0.5) is 5.69 Å². The van der Waals surface area contributed by atoms with Crippen molar-refractivity contribution in [3.63, 3.8) is 0 Å². The molecule has 0 aliphatic rings. The van der Waals surface area contributed by atoms with Crippen molar-refractivity contribution in [2.75, 3.05) is 12.4 Å². The highest BCUT2D eigenvalue weighted by atomic mass is 16.5. The van der Waals surface area contributed by atoms with Gasteiger partial charge in [-0.25, -0.2) is 9.67 Å². The van der Waals surface area contributed by atoms with Crippen molar-refractivity contribution in [2.24, 2.45) is 0 Å². The number of hydrogen-bond acceptors (Lipinski definition) is 5. The van der Waals surface area contributed by atoms with Crippen LogP contribution in [0.15, 0.2) is 61.2 Å². The Balaban J connectivity index is 1.52. The van der Waals surface area contributed by atoms with E-state index in [2.05, 4.69) is 20.7 Å². The molecule has 0 aliphatic heterocycles. The molecule has 0 radical (unpaired) electrons. The third-order valence-electron chi connectivity index (χ3n) is 3.86. The quantitative estimate of drug-likeness (QED) is 0.647. The van der Waals surface area contributed by atoms with Gasteiger partial charge in [0.25, 0.3) is 0 Å². The largest absolute Gasteiger partial charge is 0.496 e. The van der Waals surface area contributed by atoms with Crippen LogP contribution < -0.4 is 15.4 Å². The number of nitrogens with one attached hydrogen (secondary N) is 2. The fraction of sp³-hybridized carbons (Fsp3) is 0.158. The summed E-state index contributed by atoms with van der Waals surface area (Å²) < 4.78 is 6.91. The number of aromatic nitrogens is 3. The van der Waals surface area contributed by atoms with Crippen LogP contribution in [0.25, 0.3) is 0 Å². The van der Waals surface area contributed by atoms with E-state index in [1.807, 2.05) is 30.3 Å². The van der Waals surface area contributed by atoms with Gasteiger partial charge >= 0.3 is 11.8 Å². The molecule has 138 valence electrons. The highest BCUT2D eigenvalue weighted by molar-refractivity contribution is 6.39. The zero-order valence-corrected chi connectivity index (χ0v) is 14.8. The van der Waals surface area contributed by atoms with Crippen molar-refractivity contribution in [1.82, 2.24) is 20.1 Å². The van der Waals surface area contributed by atoms with Crippen LogP contribution in [0, 0.1) is 0 Å². The summed E-state index contributed by atoms with van der Waals surface area (Å²) in [5.41, 5.74) is 2.33. The van der Waals surface area contributed by atoms with Crippen LogP contribution in [-0.4, -0.2) is 33.7 Å². The molecule has 2 N–H and O–H groups in total. The molecular weight excluding hydrogens is 346 g/mol. The van der Waals surface area contributed by atoms with E-state index in [-0.39, 0.29) is 6.54 Å². The molecule has 0 bridgehead atoms. The van der Waals surface area contributed by atoms with E-state index in [1.54, 1.807) is 36.3 Å². The van der Waals surface area contributed by atoms with Crippen LogP contribution in [0.5, 0.6) is 5.75 Å². The van der Waals surface area contributed by atoms with Crippen molar-refractivity contribution < 1.29 is 14.3 Å². The maximum Gasteiger partial charge on any atom is 0.313 e. The molecule has 2 amide bonds. The molecule has 0 spiro atoms. The van der Waals surface area contributed by atoms with Crippen molar-refractivity contribution in [1.29, 1.82) is 0 Å². The Morgan fingerprint density at radius 1 is 1.07 bits per heavy atom. The first-order chi connectivity index (χ1) is 13.2. The van der Waals surface area contributed by atoms with Crippen LogP contribution in [0.3, 0.4) is 0 Å². The SMILES string of the molecule is COc1ccccc1CNC(=O)C(=O)Nc1ccc(Cn2cncn2)cc1. The van der Waals surface area contributed by atoms with Gasteiger partial charge in [-0.15, -0.1) is 0 Å².